The quantitative estimate of drug-likeness (QED) is 0.584. The van der Waals surface area contributed by atoms with E-state index in [-0.39, 0.29) is 18.0 Å². The zero-order chi connectivity index (χ0) is 13.6. The summed E-state index contributed by atoms with van der Waals surface area (Å²) < 4.78 is 0. The number of carbonyl (C=O) groups is 2. The molecule has 0 bridgehead atoms. The van der Waals surface area contributed by atoms with Crippen molar-refractivity contribution < 1.29 is 14.7 Å². The molecule has 6 nitrogen and oxygen atoms in total. The van der Waals surface area contributed by atoms with Gasteiger partial charge in [0.15, 0.2) is 0 Å². The minimum absolute atomic E-state index is 0.0852. The average Bonchev–Trinajstić information content (AvgIpc) is 2.22. The maximum absolute atomic E-state index is 11.5. The van der Waals surface area contributed by atoms with Gasteiger partial charge in [-0.15, -0.1) is 0 Å². The summed E-state index contributed by atoms with van der Waals surface area (Å²) in [5.74, 6) is -0.835. The second-order valence-corrected chi connectivity index (χ2v) is 5.08. The van der Waals surface area contributed by atoms with Crippen LogP contribution in [0.2, 0.25) is 0 Å². The molecule has 1 aliphatic rings. The van der Waals surface area contributed by atoms with Crippen LogP contribution in [0.4, 0.5) is 4.79 Å². The van der Waals surface area contributed by atoms with Crippen molar-refractivity contribution in [2.45, 2.75) is 37.6 Å². The van der Waals surface area contributed by atoms with Gasteiger partial charge in [0.25, 0.3) is 0 Å². The van der Waals surface area contributed by atoms with Gasteiger partial charge in [0, 0.05) is 25.0 Å². The second kappa shape index (κ2) is 6.58. The van der Waals surface area contributed by atoms with Crippen LogP contribution in [0.1, 0.15) is 32.1 Å². The normalized spacial score (nSPS) is 17.1. The lowest BCUT2D eigenvalue weighted by molar-refractivity contribution is -0.137. The van der Waals surface area contributed by atoms with Crippen molar-refractivity contribution in [1.82, 2.24) is 15.5 Å². The molecule has 0 unspecified atom stereocenters. The van der Waals surface area contributed by atoms with Crippen LogP contribution in [-0.2, 0) is 4.79 Å². The molecule has 0 aliphatic heterocycles. The maximum atomic E-state index is 11.5. The predicted molar refractivity (Wildman–Crippen MR) is 68.5 cm³/mol. The Bertz CT molecular complexity index is 301. The van der Waals surface area contributed by atoms with Gasteiger partial charge in [-0.25, -0.2) is 4.79 Å². The first-order chi connectivity index (χ1) is 8.46. The molecular formula is C12H23N3O3. The molecule has 104 valence electrons. The SMILES string of the molecule is CN(C)C1(CNC(=O)NCCCC(=O)O)CCC1. The molecule has 0 spiro atoms. The van der Waals surface area contributed by atoms with E-state index in [0.717, 1.165) is 12.8 Å². The summed E-state index contributed by atoms with van der Waals surface area (Å²) in [6, 6.07) is -0.214. The van der Waals surface area contributed by atoms with E-state index in [1.165, 1.54) is 6.42 Å². The van der Waals surface area contributed by atoms with Crippen LogP contribution in [0, 0.1) is 0 Å². The van der Waals surface area contributed by atoms with E-state index < -0.39 is 5.97 Å². The van der Waals surface area contributed by atoms with Crippen molar-refractivity contribution >= 4 is 12.0 Å². The van der Waals surface area contributed by atoms with Gasteiger partial charge in [0.1, 0.15) is 0 Å². The van der Waals surface area contributed by atoms with E-state index in [1.54, 1.807) is 0 Å². The Kier molecular flexibility index (Phi) is 5.40. The van der Waals surface area contributed by atoms with E-state index in [2.05, 4.69) is 15.5 Å². The molecule has 1 rings (SSSR count). The lowest BCUT2D eigenvalue weighted by Gasteiger charge is -2.47. The third-order valence-electron chi connectivity index (χ3n) is 3.66. The number of nitrogens with one attached hydrogen (secondary N) is 2. The molecule has 0 saturated heterocycles. The number of carbonyl (C=O) groups excluding carboxylic acids is 1. The van der Waals surface area contributed by atoms with Gasteiger partial charge in [0.05, 0.1) is 0 Å². The number of likely N-dealkylation sites (N-methyl/N-ethyl adjacent to an activating group) is 1. The molecule has 2 amide bonds. The topological polar surface area (TPSA) is 81.7 Å². The number of rotatable bonds is 7. The monoisotopic (exact) mass is 257 g/mol. The van der Waals surface area contributed by atoms with Crippen molar-refractivity contribution in [2.75, 3.05) is 27.2 Å². The molecule has 0 radical (unpaired) electrons. The summed E-state index contributed by atoms with van der Waals surface area (Å²) in [7, 11) is 4.07. The highest BCUT2D eigenvalue weighted by Crippen LogP contribution is 2.35. The Balaban J connectivity index is 2.15. The second-order valence-electron chi connectivity index (χ2n) is 5.08. The molecule has 1 aliphatic carbocycles. The molecular weight excluding hydrogens is 234 g/mol. The Morgan fingerprint density at radius 1 is 1.28 bits per heavy atom. The molecule has 18 heavy (non-hydrogen) atoms. The fraction of sp³-hybridized carbons (Fsp3) is 0.833. The summed E-state index contributed by atoms with van der Waals surface area (Å²) in [5, 5.41) is 14.0. The van der Waals surface area contributed by atoms with E-state index in [4.69, 9.17) is 5.11 Å². The summed E-state index contributed by atoms with van der Waals surface area (Å²) in [5.41, 5.74) is 0.110. The zero-order valence-electron chi connectivity index (χ0n) is 11.2. The molecule has 0 atom stereocenters. The largest absolute Gasteiger partial charge is 0.481 e. The first-order valence-electron chi connectivity index (χ1n) is 6.37. The molecule has 0 heterocycles. The Labute approximate surface area is 108 Å². The van der Waals surface area contributed by atoms with Gasteiger partial charge in [0.2, 0.25) is 0 Å². The first-order valence-corrected chi connectivity index (χ1v) is 6.37. The minimum atomic E-state index is -0.835. The number of nitrogens with zero attached hydrogens (tertiary/aromatic N) is 1. The molecule has 1 fully saturated rings. The van der Waals surface area contributed by atoms with Gasteiger partial charge in [-0.3, -0.25) is 4.79 Å². The van der Waals surface area contributed by atoms with E-state index in [9.17, 15) is 9.59 Å². The van der Waals surface area contributed by atoms with Crippen LogP contribution in [-0.4, -0.2) is 54.7 Å². The van der Waals surface area contributed by atoms with Crippen LogP contribution in [0.5, 0.6) is 0 Å². The fourth-order valence-electron chi connectivity index (χ4n) is 2.12. The predicted octanol–water partition coefficient (Wildman–Crippen LogP) is 0.635. The van der Waals surface area contributed by atoms with Crippen molar-refractivity contribution in [3.63, 3.8) is 0 Å². The Hall–Kier alpha value is -1.30. The van der Waals surface area contributed by atoms with Crippen LogP contribution in [0.25, 0.3) is 0 Å². The van der Waals surface area contributed by atoms with Gasteiger partial charge >= 0.3 is 12.0 Å². The van der Waals surface area contributed by atoms with Crippen LogP contribution in [0.3, 0.4) is 0 Å². The van der Waals surface area contributed by atoms with Crippen LogP contribution >= 0.6 is 0 Å². The van der Waals surface area contributed by atoms with Gasteiger partial charge in [-0.2, -0.15) is 0 Å². The molecule has 6 heteroatoms. The zero-order valence-corrected chi connectivity index (χ0v) is 11.2. The molecule has 3 N–H and O–H groups in total. The number of hydrogen-bond donors (Lipinski definition) is 3. The maximum Gasteiger partial charge on any atom is 0.314 e. The number of carboxylic acid groups (broad SMARTS) is 1. The molecule has 0 aromatic rings. The summed E-state index contributed by atoms with van der Waals surface area (Å²) in [6.07, 6.45) is 3.97. The number of carboxylic acids is 1. The van der Waals surface area contributed by atoms with Crippen molar-refractivity contribution in [3.05, 3.63) is 0 Å². The van der Waals surface area contributed by atoms with E-state index >= 15 is 0 Å². The fourth-order valence-corrected chi connectivity index (χ4v) is 2.12. The lowest BCUT2D eigenvalue weighted by atomic mass is 9.75. The standard InChI is InChI=1S/C12H23N3O3/c1-15(2)12(6-4-7-12)9-14-11(18)13-8-3-5-10(16)17/h3-9H2,1-2H3,(H,16,17)(H2,13,14,18). The van der Waals surface area contributed by atoms with Gasteiger partial charge in [-0.05, 0) is 39.8 Å². The highest BCUT2D eigenvalue weighted by molar-refractivity contribution is 5.74. The minimum Gasteiger partial charge on any atom is -0.481 e. The van der Waals surface area contributed by atoms with Crippen LogP contribution in [0.15, 0.2) is 0 Å². The van der Waals surface area contributed by atoms with E-state index in [0.29, 0.717) is 19.5 Å². The Morgan fingerprint density at radius 3 is 2.39 bits per heavy atom. The number of hydrogen-bond acceptors (Lipinski definition) is 3. The van der Waals surface area contributed by atoms with Crippen molar-refractivity contribution in [2.24, 2.45) is 0 Å². The summed E-state index contributed by atoms with van der Waals surface area (Å²) in [6.45, 7) is 1.04. The summed E-state index contributed by atoms with van der Waals surface area (Å²) >= 11 is 0. The highest BCUT2D eigenvalue weighted by Gasteiger charge is 2.39. The Morgan fingerprint density at radius 2 is 1.94 bits per heavy atom. The molecule has 0 aromatic heterocycles. The lowest BCUT2D eigenvalue weighted by Crippen LogP contribution is -2.58. The van der Waals surface area contributed by atoms with Crippen LogP contribution < -0.4 is 10.6 Å². The smallest absolute Gasteiger partial charge is 0.314 e. The third kappa shape index (κ3) is 4.18. The average molecular weight is 257 g/mol. The van der Waals surface area contributed by atoms with E-state index in [1.807, 2.05) is 14.1 Å². The number of urea groups is 1. The first kappa shape index (κ1) is 14.8. The third-order valence-corrected chi connectivity index (χ3v) is 3.66. The number of amides is 2. The summed E-state index contributed by atoms with van der Waals surface area (Å²) in [4.78, 5) is 24.0. The highest BCUT2D eigenvalue weighted by atomic mass is 16.4. The van der Waals surface area contributed by atoms with Crippen molar-refractivity contribution in [3.8, 4) is 0 Å². The molecule has 0 aromatic carbocycles. The molecule has 1 saturated carbocycles. The van der Waals surface area contributed by atoms with Crippen molar-refractivity contribution in [1.29, 1.82) is 0 Å². The number of aliphatic carboxylic acids is 1. The van der Waals surface area contributed by atoms with Gasteiger partial charge in [-0.1, -0.05) is 0 Å². The van der Waals surface area contributed by atoms with Gasteiger partial charge < -0.3 is 20.6 Å².